The van der Waals surface area contributed by atoms with Gasteiger partial charge in [0.05, 0.1) is 6.33 Å². The zero-order valence-corrected chi connectivity index (χ0v) is 9.20. The van der Waals surface area contributed by atoms with Crippen LogP contribution in [-0.4, -0.2) is 9.55 Å². The van der Waals surface area contributed by atoms with Crippen molar-refractivity contribution < 1.29 is 0 Å². The van der Waals surface area contributed by atoms with Gasteiger partial charge < -0.3 is 5.73 Å². The van der Waals surface area contributed by atoms with Gasteiger partial charge in [-0.1, -0.05) is 24.4 Å². The number of hydrogen-bond acceptors (Lipinski definition) is 3. The molecule has 15 heavy (non-hydrogen) atoms. The number of hydrogen-bond donors (Lipinski definition) is 1. The molecular weight excluding hydrogens is 214 g/mol. The normalized spacial score (nSPS) is 17.1. The lowest BCUT2D eigenvalue weighted by Crippen LogP contribution is -2.26. The highest BCUT2D eigenvalue weighted by atomic mass is 35.5. The van der Waals surface area contributed by atoms with Gasteiger partial charge in [0.15, 0.2) is 5.15 Å². The molecule has 0 aliphatic heterocycles. The predicted octanol–water partition coefficient (Wildman–Crippen LogP) is 1.67. The Morgan fingerprint density at radius 2 is 2.20 bits per heavy atom. The Morgan fingerprint density at radius 3 is 2.87 bits per heavy atom. The molecule has 1 fully saturated rings. The summed E-state index contributed by atoms with van der Waals surface area (Å²) >= 11 is 5.65. The first kappa shape index (κ1) is 10.5. The van der Waals surface area contributed by atoms with Crippen LogP contribution in [-0.2, 0) is 6.54 Å². The quantitative estimate of drug-likeness (QED) is 0.782. The molecule has 0 radical (unpaired) electrons. The Morgan fingerprint density at radius 1 is 1.53 bits per heavy atom. The molecular formula is C10H14ClN3O. The number of nitrogen functional groups attached to an aromatic ring is 1. The fourth-order valence-corrected chi connectivity index (χ4v) is 2.21. The first-order valence-corrected chi connectivity index (χ1v) is 5.56. The van der Waals surface area contributed by atoms with E-state index in [1.165, 1.54) is 32.0 Å². The van der Waals surface area contributed by atoms with Gasteiger partial charge in [0.25, 0.3) is 5.56 Å². The van der Waals surface area contributed by atoms with E-state index in [9.17, 15) is 4.79 Å². The van der Waals surface area contributed by atoms with Crippen molar-refractivity contribution in [3.8, 4) is 0 Å². The minimum Gasteiger partial charge on any atom is -0.392 e. The van der Waals surface area contributed by atoms with Crippen molar-refractivity contribution in [2.75, 3.05) is 5.73 Å². The largest absolute Gasteiger partial charge is 0.392 e. The highest BCUT2D eigenvalue weighted by Gasteiger charge is 2.17. The fraction of sp³-hybridized carbons (Fsp3) is 0.600. The first-order chi connectivity index (χ1) is 7.18. The minimum atomic E-state index is -0.220. The molecule has 1 aliphatic carbocycles. The predicted molar refractivity (Wildman–Crippen MR) is 59.9 cm³/mol. The van der Waals surface area contributed by atoms with Gasteiger partial charge in [-0.3, -0.25) is 9.36 Å². The van der Waals surface area contributed by atoms with Gasteiger partial charge in [-0.05, 0) is 18.8 Å². The Labute approximate surface area is 93.1 Å². The zero-order chi connectivity index (χ0) is 10.8. The summed E-state index contributed by atoms with van der Waals surface area (Å²) in [6.07, 6.45) is 6.38. The van der Waals surface area contributed by atoms with E-state index in [4.69, 9.17) is 17.3 Å². The van der Waals surface area contributed by atoms with Gasteiger partial charge in [0.2, 0.25) is 0 Å². The van der Waals surface area contributed by atoms with Crippen molar-refractivity contribution in [1.82, 2.24) is 9.55 Å². The average Bonchev–Trinajstić information content (AvgIpc) is 2.72. The lowest BCUT2D eigenvalue weighted by atomic mass is 10.1. The van der Waals surface area contributed by atoms with Crippen LogP contribution in [0.5, 0.6) is 0 Å². The van der Waals surface area contributed by atoms with E-state index in [0.29, 0.717) is 12.5 Å². The molecule has 2 N–H and O–H groups in total. The van der Waals surface area contributed by atoms with Crippen molar-refractivity contribution in [1.29, 1.82) is 0 Å². The molecule has 1 aliphatic rings. The molecule has 2 rings (SSSR count). The third-order valence-electron chi connectivity index (χ3n) is 2.95. The summed E-state index contributed by atoms with van der Waals surface area (Å²) in [5.74, 6) is 0.588. The van der Waals surface area contributed by atoms with E-state index in [1.807, 2.05) is 0 Å². The van der Waals surface area contributed by atoms with Crippen LogP contribution in [0.3, 0.4) is 0 Å². The standard InChI is InChI=1S/C10H14ClN3O/c11-9-8(12)10(15)14(6-13-9)5-7-3-1-2-4-7/h6-7H,1-5,12H2. The van der Waals surface area contributed by atoms with Crippen LogP contribution >= 0.6 is 11.6 Å². The molecule has 5 heteroatoms. The number of rotatable bonds is 2. The van der Waals surface area contributed by atoms with Crippen LogP contribution in [0.1, 0.15) is 25.7 Å². The number of anilines is 1. The molecule has 82 valence electrons. The number of halogens is 1. The van der Waals surface area contributed by atoms with Crippen LogP contribution in [0.2, 0.25) is 5.15 Å². The first-order valence-electron chi connectivity index (χ1n) is 5.19. The average molecular weight is 228 g/mol. The Hall–Kier alpha value is -1.03. The highest BCUT2D eigenvalue weighted by molar-refractivity contribution is 6.31. The van der Waals surface area contributed by atoms with Gasteiger partial charge in [-0.25, -0.2) is 4.98 Å². The molecule has 0 spiro atoms. The van der Waals surface area contributed by atoms with Crippen LogP contribution < -0.4 is 11.3 Å². The fourth-order valence-electron chi connectivity index (χ4n) is 2.09. The molecule has 4 nitrogen and oxygen atoms in total. The third kappa shape index (κ3) is 2.15. The molecule has 1 heterocycles. The Kier molecular flexibility index (Phi) is 2.95. The van der Waals surface area contributed by atoms with Gasteiger partial charge in [-0.15, -0.1) is 0 Å². The number of aromatic nitrogens is 2. The SMILES string of the molecule is Nc1c(Cl)ncn(CC2CCCC2)c1=O. The summed E-state index contributed by atoms with van der Waals surface area (Å²) in [4.78, 5) is 15.6. The Bertz CT molecular complexity index is 410. The Balaban J connectivity index is 2.21. The van der Waals surface area contributed by atoms with Gasteiger partial charge in [-0.2, -0.15) is 0 Å². The molecule has 0 atom stereocenters. The van der Waals surface area contributed by atoms with Crippen molar-refractivity contribution in [3.63, 3.8) is 0 Å². The van der Waals surface area contributed by atoms with E-state index in [2.05, 4.69) is 4.98 Å². The molecule has 1 aromatic heterocycles. The lowest BCUT2D eigenvalue weighted by Gasteiger charge is -2.11. The summed E-state index contributed by atoms with van der Waals surface area (Å²) in [6.45, 7) is 0.715. The monoisotopic (exact) mass is 227 g/mol. The van der Waals surface area contributed by atoms with E-state index < -0.39 is 0 Å². The van der Waals surface area contributed by atoms with Gasteiger partial charge in [0.1, 0.15) is 5.69 Å². The van der Waals surface area contributed by atoms with E-state index in [-0.39, 0.29) is 16.4 Å². The lowest BCUT2D eigenvalue weighted by molar-refractivity contribution is 0.446. The van der Waals surface area contributed by atoms with Crippen molar-refractivity contribution in [3.05, 3.63) is 21.8 Å². The van der Waals surface area contributed by atoms with Crippen molar-refractivity contribution >= 4 is 17.3 Å². The zero-order valence-electron chi connectivity index (χ0n) is 8.45. The second-order valence-electron chi connectivity index (χ2n) is 4.06. The molecule has 0 unspecified atom stereocenters. The second-order valence-corrected chi connectivity index (χ2v) is 4.42. The van der Waals surface area contributed by atoms with Crippen LogP contribution in [0.4, 0.5) is 5.69 Å². The van der Waals surface area contributed by atoms with Gasteiger partial charge in [0, 0.05) is 6.54 Å². The molecule has 1 aromatic rings. The molecule has 1 saturated carbocycles. The smallest absolute Gasteiger partial charge is 0.278 e. The highest BCUT2D eigenvalue weighted by Crippen LogP contribution is 2.25. The van der Waals surface area contributed by atoms with Crippen LogP contribution in [0, 0.1) is 5.92 Å². The third-order valence-corrected chi connectivity index (χ3v) is 3.25. The number of nitrogens with two attached hydrogens (primary N) is 1. The summed E-state index contributed by atoms with van der Waals surface area (Å²) in [6, 6.07) is 0. The molecule has 0 bridgehead atoms. The summed E-state index contributed by atoms with van der Waals surface area (Å²) < 4.78 is 1.57. The molecule has 0 aromatic carbocycles. The molecule has 0 amide bonds. The van der Waals surface area contributed by atoms with E-state index in [1.54, 1.807) is 4.57 Å². The maximum atomic E-state index is 11.7. The van der Waals surface area contributed by atoms with Crippen molar-refractivity contribution in [2.45, 2.75) is 32.2 Å². The van der Waals surface area contributed by atoms with Gasteiger partial charge >= 0.3 is 0 Å². The summed E-state index contributed by atoms with van der Waals surface area (Å²) in [5, 5.41) is 0.0997. The molecule has 0 saturated heterocycles. The topological polar surface area (TPSA) is 60.9 Å². The maximum absolute atomic E-state index is 11.7. The number of nitrogens with zero attached hydrogens (tertiary/aromatic N) is 2. The minimum absolute atomic E-state index is 0.0529. The summed E-state index contributed by atoms with van der Waals surface area (Å²) in [7, 11) is 0. The van der Waals surface area contributed by atoms with Crippen LogP contribution in [0.25, 0.3) is 0 Å². The summed E-state index contributed by atoms with van der Waals surface area (Å²) in [5.41, 5.74) is 5.36. The maximum Gasteiger partial charge on any atom is 0.278 e. The van der Waals surface area contributed by atoms with E-state index >= 15 is 0 Å². The van der Waals surface area contributed by atoms with Crippen LogP contribution in [0.15, 0.2) is 11.1 Å². The van der Waals surface area contributed by atoms with E-state index in [0.717, 1.165) is 0 Å². The second kappa shape index (κ2) is 4.23. The van der Waals surface area contributed by atoms with Crippen molar-refractivity contribution in [2.24, 2.45) is 5.92 Å².